The Hall–Kier alpha value is -2.49. The molecular weight excluding hydrogens is 513 g/mol. The van der Waals surface area contributed by atoms with Gasteiger partial charge in [-0.15, -0.1) is 0 Å². The number of carbonyl (C=O) groups excluding carboxylic acids is 2. The summed E-state index contributed by atoms with van der Waals surface area (Å²) in [5.74, 6) is -0.556. The highest BCUT2D eigenvalue weighted by Gasteiger charge is 2.31. The number of carbonyl (C=O) groups is 2. The Morgan fingerprint density at radius 2 is 1.69 bits per heavy atom. The van der Waals surface area contributed by atoms with Crippen LogP contribution in [0, 0.1) is 0 Å². The summed E-state index contributed by atoms with van der Waals surface area (Å²) in [6, 6.07) is 10.4. The molecule has 2 rings (SSSR count). The Morgan fingerprint density at radius 1 is 1.09 bits per heavy atom. The molecule has 11 heteroatoms. The molecule has 0 aliphatic rings. The van der Waals surface area contributed by atoms with Gasteiger partial charge in [0.25, 0.3) is 0 Å². The molecule has 2 amide bonds. The van der Waals surface area contributed by atoms with E-state index in [2.05, 4.69) is 5.32 Å². The molecule has 0 unspecified atom stereocenters. The first-order chi connectivity index (χ1) is 16.1. The maximum absolute atomic E-state index is 13.5. The van der Waals surface area contributed by atoms with Crippen LogP contribution < -0.4 is 14.4 Å². The van der Waals surface area contributed by atoms with Crippen LogP contribution in [0.3, 0.4) is 0 Å². The van der Waals surface area contributed by atoms with Crippen molar-refractivity contribution in [2.45, 2.75) is 45.8 Å². The van der Waals surface area contributed by atoms with Crippen LogP contribution in [0.15, 0.2) is 42.5 Å². The normalized spacial score (nSPS) is 12.6. The van der Waals surface area contributed by atoms with Gasteiger partial charge in [-0.3, -0.25) is 13.9 Å². The van der Waals surface area contributed by atoms with Crippen LogP contribution in [-0.2, 0) is 26.2 Å². The lowest BCUT2D eigenvalue weighted by atomic mass is 10.1. The number of amides is 2. The lowest BCUT2D eigenvalue weighted by Gasteiger charge is -2.33. The Bertz CT molecular complexity index is 1160. The first kappa shape index (κ1) is 28.7. The van der Waals surface area contributed by atoms with Crippen molar-refractivity contribution in [3.63, 3.8) is 0 Å². The highest BCUT2D eigenvalue weighted by atomic mass is 35.5. The molecule has 0 bridgehead atoms. The van der Waals surface area contributed by atoms with Crippen molar-refractivity contribution in [3.8, 4) is 5.75 Å². The number of hydrogen-bond acceptors (Lipinski definition) is 5. The molecule has 1 N–H and O–H groups in total. The number of halogens is 2. The fourth-order valence-electron chi connectivity index (χ4n) is 3.27. The number of ether oxygens (including phenoxy) is 1. The van der Waals surface area contributed by atoms with Crippen molar-refractivity contribution in [3.05, 3.63) is 58.1 Å². The molecule has 0 aliphatic carbocycles. The third-order valence-corrected chi connectivity index (χ3v) is 6.72. The van der Waals surface area contributed by atoms with Crippen LogP contribution in [0.1, 0.15) is 33.3 Å². The summed E-state index contributed by atoms with van der Waals surface area (Å²) < 4.78 is 31.3. The van der Waals surface area contributed by atoms with Crippen LogP contribution in [-0.4, -0.2) is 56.6 Å². The maximum Gasteiger partial charge on any atom is 0.244 e. The molecule has 0 spiro atoms. The fraction of sp³-hybridized carbons (Fsp3) is 0.417. The monoisotopic (exact) mass is 543 g/mol. The third-order valence-electron chi connectivity index (χ3n) is 5.03. The van der Waals surface area contributed by atoms with E-state index >= 15 is 0 Å². The summed E-state index contributed by atoms with van der Waals surface area (Å²) in [6.45, 7) is 6.66. The zero-order chi connectivity index (χ0) is 26.6. The molecule has 2 aromatic rings. The molecule has 192 valence electrons. The van der Waals surface area contributed by atoms with Gasteiger partial charge in [0.2, 0.25) is 21.8 Å². The second-order valence-electron chi connectivity index (χ2n) is 9.15. The average Bonchev–Trinajstić information content (AvgIpc) is 2.74. The van der Waals surface area contributed by atoms with Gasteiger partial charge in [-0.25, -0.2) is 8.42 Å². The largest absolute Gasteiger partial charge is 0.495 e. The van der Waals surface area contributed by atoms with E-state index < -0.39 is 34.1 Å². The van der Waals surface area contributed by atoms with E-state index in [1.807, 2.05) is 20.8 Å². The predicted octanol–water partition coefficient (Wildman–Crippen LogP) is 4.10. The van der Waals surface area contributed by atoms with Gasteiger partial charge in [-0.05, 0) is 63.6 Å². The molecular formula is C24H31Cl2N3O5S. The molecule has 0 aliphatic heterocycles. The van der Waals surface area contributed by atoms with E-state index in [4.69, 9.17) is 27.9 Å². The minimum absolute atomic E-state index is 0.0791. The van der Waals surface area contributed by atoms with Crippen LogP contribution in [0.5, 0.6) is 5.75 Å². The SMILES string of the molecule is COc1ccc(N(CC(=O)N(Cc2ccc(Cl)cc2)[C@H](C)C(=O)NC(C)(C)C)S(C)(=O)=O)cc1Cl. The predicted molar refractivity (Wildman–Crippen MR) is 140 cm³/mol. The number of nitrogens with zero attached hydrogens (tertiary/aromatic N) is 2. The van der Waals surface area contributed by atoms with Gasteiger partial charge >= 0.3 is 0 Å². The Labute approximate surface area is 217 Å². The highest BCUT2D eigenvalue weighted by Crippen LogP contribution is 2.30. The maximum atomic E-state index is 13.5. The lowest BCUT2D eigenvalue weighted by Crippen LogP contribution is -2.54. The summed E-state index contributed by atoms with van der Waals surface area (Å²) in [5.41, 5.74) is 0.417. The van der Waals surface area contributed by atoms with Crippen LogP contribution in [0.25, 0.3) is 0 Å². The first-order valence-electron chi connectivity index (χ1n) is 10.8. The highest BCUT2D eigenvalue weighted by molar-refractivity contribution is 7.92. The summed E-state index contributed by atoms with van der Waals surface area (Å²) in [4.78, 5) is 27.8. The van der Waals surface area contributed by atoms with E-state index in [0.717, 1.165) is 16.1 Å². The topological polar surface area (TPSA) is 96.0 Å². The van der Waals surface area contributed by atoms with E-state index in [0.29, 0.717) is 10.8 Å². The zero-order valence-corrected chi connectivity index (χ0v) is 23.0. The van der Waals surface area contributed by atoms with E-state index in [1.54, 1.807) is 31.2 Å². The summed E-state index contributed by atoms with van der Waals surface area (Å²) >= 11 is 12.2. The van der Waals surface area contributed by atoms with Crippen LogP contribution in [0.2, 0.25) is 10.0 Å². The number of hydrogen-bond donors (Lipinski definition) is 1. The molecule has 0 aromatic heterocycles. The Balaban J connectivity index is 2.42. The number of nitrogens with one attached hydrogen (secondary N) is 1. The summed E-state index contributed by atoms with van der Waals surface area (Å²) in [6.07, 6.45) is 0.998. The fourth-order valence-corrected chi connectivity index (χ4v) is 4.49. The van der Waals surface area contributed by atoms with Gasteiger partial charge < -0.3 is 15.0 Å². The van der Waals surface area contributed by atoms with Crippen molar-refractivity contribution in [1.29, 1.82) is 0 Å². The molecule has 8 nitrogen and oxygen atoms in total. The molecule has 35 heavy (non-hydrogen) atoms. The van der Waals surface area contributed by atoms with Gasteiger partial charge in [0.1, 0.15) is 18.3 Å². The number of rotatable bonds is 9. The molecule has 0 radical (unpaired) electrons. The smallest absolute Gasteiger partial charge is 0.244 e. The van der Waals surface area contributed by atoms with Gasteiger partial charge in [-0.1, -0.05) is 35.3 Å². The molecule has 0 fully saturated rings. The van der Waals surface area contributed by atoms with E-state index in [1.165, 1.54) is 30.2 Å². The van der Waals surface area contributed by atoms with Gasteiger partial charge in [0, 0.05) is 17.1 Å². The number of benzene rings is 2. The first-order valence-corrected chi connectivity index (χ1v) is 13.4. The third kappa shape index (κ3) is 8.30. The summed E-state index contributed by atoms with van der Waals surface area (Å²) in [5, 5.41) is 3.60. The molecule has 2 aromatic carbocycles. The average molecular weight is 545 g/mol. The second-order valence-corrected chi connectivity index (χ2v) is 11.9. The van der Waals surface area contributed by atoms with E-state index in [9.17, 15) is 18.0 Å². The standard InChI is InChI=1S/C24H31Cl2N3O5S/c1-16(23(31)27-24(2,3)4)28(14-17-7-9-18(25)10-8-17)22(30)15-29(35(6,32)33)19-11-12-21(34-5)20(26)13-19/h7-13,16H,14-15H2,1-6H3,(H,27,31)/t16-/m1/s1. The van der Waals surface area contributed by atoms with Crippen molar-refractivity contribution < 1.29 is 22.7 Å². The van der Waals surface area contributed by atoms with Crippen molar-refractivity contribution in [2.75, 3.05) is 24.2 Å². The van der Waals surface area contributed by atoms with Gasteiger partial charge in [-0.2, -0.15) is 0 Å². The Morgan fingerprint density at radius 3 is 2.17 bits per heavy atom. The van der Waals surface area contributed by atoms with Crippen molar-refractivity contribution >= 4 is 50.7 Å². The van der Waals surface area contributed by atoms with Crippen molar-refractivity contribution in [2.24, 2.45) is 0 Å². The number of sulfonamides is 1. The minimum Gasteiger partial charge on any atom is -0.495 e. The number of methoxy groups -OCH3 is 1. The second kappa shape index (κ2) is 11.5. The summed E-state index contributed by atoms with van der Waals surface area (Å²) in [7, 11) is -2.43. The van der Waals surface area contributed by atoms with Gasteiger partial charge in [0.15, 0.2) is 0 Å². The molecule has 0 saturated heterocycles. The van der Waals surface area contributed by atoms with E-state index in [-0.39, 0.29) is 23.2 Å². The van der Waals surface area contributed by atoms with Crippen molar-refractivity contribution in [1.82, 2.24) is 10.2 Å². The minimum atomic E-state index is -3.87. The van der Waals surface area contributed by atoms with Crippen LogP contribution in [0.4, 0.5) is 5.69 Å². The molecule has 0 heterocycles. The quantitative estimate of drug-likeness (QED) is 0.513. The lowest BCUT2D eigenvalue weighted by molar-refractivity contribution is -0.140. The zero-order valence-electron chi connectivity index (χ0n) is 20.6. The number of anilines is 1. The Kier molecular flexibility index (Phi) is 9.44. The molecule has 1 atom stereocenters. The van der Waals surface area contributed by atoms with Gasteiger partial charge in [0.05, 0.1) is 24.1 Å². The molecule has 0 saturated carbocycles. The van der Waals surface area contributed by atoms with Crippen LogP contribution >= 0.6 is 23.2 Å².